The molecule has 0 bridgehead atoms. The molecule has 0 saturated heterocycles. The van der Waals surface area contributed by atoms with Gasteiger partial charge in [0.15, 0.2) is 0 Å². The summed E-state index contributed by atoms with van der Waals surface area (Å²) in [6.07, 6.45) is 0. The van der Waals surface area contributed by atoms with Gasteiger partial charge in [-0.05, 0) is 33.0 Å². The van der Waals surface area contributed by atoms with Crippen molar-refractivity contribution in [1.82, 2.24) is 9.88 Å². The first-order valence-electron chi connectivity index (χ1n) is 5.44. The molecule has 1 aromatic heterocycles. The minimum Gasteiger partial charge on any atom is -0.369 e. The third kappa shape index (κ3) is 3.87. The Morgan fingerprint density at radius 1 is 1.50 bits per heavy atom. The second-order valence-electron chi connectivity index (χ2n) is 4.02. The lowest BCUT2D eigenvalue weighted by molar-refractivity contribution is 0.284. The van der Waals surface area contributed by atoms with Crippen molar-refractivity contribution < 1.29 is 0 Å². The molecule has 0 unspecified atom stereocenters. The Kier molecular flexibility index (Phi) is 4.74. The van der Waals surface area contributed by atoms with Gasteiger partial charge in [0, 0.05) is 19.1 Å². The fraction of sp³-hybridized carbons (Fsp3) is 0.500. The first kappa shape index (κ1) is 12.5. The van der Waals surface area contributed by atoms with E-state index in [1.54, 1.807) is 6.07 Å². The molecule has 0 atom stereocenters. The summed E-state index contributed by atoms with van der Waals surface area (Å²) in [7, 11) is 2.09. The quantitative estimate of drug-likeness (QED) is 0.817. The number of nitriles is 1. The van der Waals surface area contributed by atoms with Gasteiger partial charge in [-0.2, -0.15) is 5.26 Å². The number of rotatable bonds is 5. The Hall–Kier alpha value is -1.60. The second-order valence-corrected chi connectivity index (χ2v) is 4.02. The van der Waals surface area contributed by atoms with E-state index in [1.165, 1.54) is 0 Å². The van der Waals surface area contributed by atoms with Gasteiger partial charge in [-0.3, -0.25) is 0 Å². The largest absolute Gasteiger partial charge is 0.369 e. The van der Waals surface area contributed by atoms with Gasteiger partial charge in [-0.1, -0.05) is 6.07 Å². The van der Waals surface area contributed by atoms with Crippen molar-refractivity contribution in [2.45, 2.75) is 19.9 Å². The van der Waals surface area contributed by atoms with E-state index in [-0.39, 0.29) is 0 Å². The fourth-order valence-electron chi connectivity index (χ4n) is 1.21. The molecule has 1 N–H and O–H groups in total. The van der Waals surface area contributed by atoms with Gasteiger partial charge in [-0.25, -0.2) is 4.98 Å². The summed E-state index contributed by atoms with van der Waals surface area (Å²) in [6, 6.07) is 7.97. The van der Waals surface area contributed by atoms with E-state index in [0.717, 1.165) is 18.9 Å². The molecule has 0 aliphatic carbocycles. The van der Waals surface area contributed by atoms with E-state index >= 15 is 0 Å². The van der Waals surface area contributed by atoms with Crippen molar-refractivity contribution in [3.05, 3.63) is 23.9 Å². The summed E-state index contributed by atoms with van der Waals surface area (Å²) >= 11 is 0. The Morgan fingerprint density at radius 2 is 2.25 bits per heavy atom. The van der Waals surface area contributed by atoms with Crippen LogP contribution in [0.15, 0.2) is 18.2 Å². The summed E-state index contributed by atoms with van der Waals surface area (Å²) in [5.74, 6) is 0.760. The Morgan fingerprint density at radius 3 is 2.88 bits per heavy atom. The van der Waals surface area contributed by atoms with Crippen molar-refractivity contribution in [2.24, 2.45) is 0 Å². The molecular weight excluding hydrogens is 200 g/mol. The smallest absolute Gasteiger partial charge is 0.142 e. The lowest BCUT2D eigenvalue weighted by Crippen LogP contribution is -2.31. The number of nitrogens with zero attached hydrogens (tertiary/aromatic N) is 3. The first-order chi connectivity index (χ1) is 7.63. The summed E-state index contributed by atoms with van der Waals surface area (Å²) in [5, 5.41) is 11.9. The number of hydrogen-bond acceptors (Lipinski definition) is 4. The molecule has 0 spiro atoms. The van der Waals surface area contributed by atoms with E-state index < -0.39 is 0 Å². The van der Waals surface area contributed by atoms with Gasteiger partial charge >= 0.3 is 0 Å². The predicted octanol–water partition coefficient (Wildman–Crippen LogP) is 1.71. The zero-order chi connectivity index (χ0) is 12.0. The Bertz CT molecular complexity index is 368. The highest BCUT2D eigenvalue weighted by Crippen LogP contribution is 2.03. The van der Waals surface area contributed by atoms with Crippen LogP contribution in [-0.4, -0.2) is 36.1 Å². The standard InChI is InChI=1S/C12H18N4/c1-10(2)16(3)8-7-14-12-6-4-5-11(9-13)15-12/h4-6,10H,7-8H2,1-3H3,(H,14,15). The average Bonchev–Trinajstić information content (AvgIpc) is 2.29. The molecule has 1 rings (SSSR count). The molecule has 86 valence electrons. The molecule has 0 fully saturated rings. The van der Waals surface area contributed by atoms with Crippen LogP contribution in [0.5, 0.6) is 0 Å². The van der Waals surface area contributed by atoms with Gasteiger partial charge in [0.2, 0.25) is 0 Å². The highest BCUT2D eigenvalue weighted by atomic mass is 15.1. The molecule has 0 saturated carbocycles. The molecule has 0 aliphatic heterocycles. The number of pyridine rings is 1. The third-order valence-electron chi connectivity index (χ3n) is 2.52. The summed E-state index contributed by atoms with van der Waals surface area (Å²) in [5.41, 5.74) is 0.446. The molecule has 4 nitrogen and oxygen atoms in total. The van der Waals surface area contributed by atoms with Crippen molar-refractivity contribution in [1.29, 1.82) is 5.26 Å². The topological polar surface area (TPSA) is 52.0 Å². The second kappa shape index (κ2) is 6.09. The third-order valence-corrected chi connectivity index (χ3v) is 2.52. The van der Waals surface area contributed by atoms with Crippen LogP contribution in [0, 0.1) is 11.3 Å². The van der Waals surface area contributed by atoms with Crippen LogP contribution in [0.2, 0.25) is 0 Å². The van der Waals surface area contributed by atoms with Crippen LogP contribution >= 0.6 is 0 Å². The van der Waals surface area contributed by atoms with E-state index in [2.05, 4.69) is 36.1 Å². The minimum absolute atomic E-state index is 0.446. The number of nitrogens with one attached hydrogen (secondary N) is 1. The monoisotopic (exact) mass is 218 g/mol. The number of aromatic nitrogens is 1. The first-order valence-corrected chi connectivity index (χ1v) is 5.44. The predicted molar refractivity (Wildman–Crippen MR) is 65.2 cm³/mol. The van der Waals surface area contributed by atoms with Gasteiger partial charge < -0.3 is 10.2 Å². The maximum Gasteiger partial charge on any atom is 0.142 e. The molecule has 4 heteroatoms. The van der Waals surface area contributed by atoms with Crippen molar-refractivity contribution in [3.8, 4) is 6.07 Å². The maximum absolute atomic E-state index is 8.70. The van der Waals surface area contributed by atoms with E-state index in [0.29, 0.717) is 11.7 Å². The van der Waals surface area contributed by atoms with E-state index in [9.17, 15) is 0 Å². The van der Waals surface area contributed by atoms with Gasteiger partial charge in [-0.15, -0.1) is 0 Å². The van der Waals surface area contributed by atoms with Gasteiger partial charge in [0.05, 0.1) is 0 Å². The van der Waals surface area contributed by atoms with Crippen LogP contribution in [0.3, 0.4) is 0 Å². The van der Waals surface area contributed by atoms with Crippen molar-refractivity contribution >= 4 is 5.82 Å². The van der Waals surface area contributed by atoms with E-state index in [1.807, 2.05) is 18.2 Å². The maximum atomic E-state index is 8.70. The molecule has 0 amide bonds. The molecule has 0 aliphatic rings. The zero-order valence-corrected chi connectivity index (χ0v) is 10.1. The lowest BCUT2D eigenvalue weighted by atomic mass is 10.3. The van der Waals surface area contributed by atoms with Crippen LogP contribution in [0.1, 0.15) is 19.5 Å². The van der Waals surface area contributed by atoms with Gasteiger partial charge in [0.25, 0.3) is 0 Å². The van der Waals surface area contributed by atoms with Crippen molar-refractivity contribution in [3.63, 3.8) is 0 Å². The molecule has 1 aromatic rings. The molecule has 16 heavy (non-hydrogen) atoms. The summed E-state index contributed by atoms with van der Waals surface area (Å²) in [6.45, 7) is 6.11. The highest BCUT2D eigenvalue weighted by molar-refractivity contribution is 5.38. The van der Waals surface area contributed by atoms with Crippen LogP contribution in [-0.2, 0) is 0 Å². The number of likely N-dealkylation sites (N-methyl/N-ethyl adjacent to an activating group) is 1. The lowest BCUT2D eigenvalue weighted by Gasteiger charge is -2.20. The Labute approximate surface area is 96.9 Å². The number of hydrogen-bond donors (Lipinski definition) is 1. The summed E-state index contributed by atoms with van der Waals surface area (Å²) < 4.78 is 0. The normalized spacial score (nSPS) is 10.5. The molecule has 1 heterocycles. The van der Waals surface area contributed by atoms with Crippen molar-refractivity contribution in [2.75, 3.05) is 25.5 Å². The number of anilines is 1. The molecule has 0 aromatic carbocycles. The molecular formula is C12H18N4. The average molecular weight is 218 g/mol. The zero-order valence-electron chi connectivity index (χ0n) is 10.1. The van der Waals surface area contributed by atoms with Gasteiger partial charge in [0.1, 0.15) is 17.6 Å². The Balaban J connectivity index is 2.40. The summed E-state index contributed by atoms with van der Waals surface area (Å²) in [4.78, 5) is 6.39. The van der Waals surface area contributed by atoms with Crippen LogP contribution in [0.4, 0.5) is 5.82 Å². The van der Waals surface area contributed by atoms with E-state index in [4.69, 9.17) is 5.26 Å². The minimum atomic E-state index is 0.446. The SMILES string of the molecule is CC(C)N(C)CCNc1cccc(C#N)n1. The fourth-order valence-corrected chi connectivity index (χ4v) is 1.21. The van der Waals surface area contributed by atoms with Crippen LogP contribution < -0.4 is 5.32 Å². The highest BCUT2D eigenvalue weighted by Gasteiger charge is 2.02. The molecule has 0 radical (unpaired) electrons. The van der Waals surface area contributed by atoms with Crippen LogP contribution in [0.25, 0.3) is 0 Å².